The zero-order valence-electron chi connectivity index (χ0n) is 55.1. The fourth-order valence-corrected chi connectivity index (χ4v) is 21.3. The van der Waals surface area contributed by atoms with Crippen LogP contribution in [0.1, 0.15) is 0 Å². The molecule has 6 aromatic heterocycles. The zero-order valence-corrected chi connectivity index (χ0v) is 58.4. The molecule has 0 bridgehead atoms. The van der Waals surface area contributed by atoms with Gasteiger partial charge in [0.25, 0.3) is 0 Å². The Morgan fingerprint density at radius 2 is 0.588 bits per heavy atom. The third-order valence-corrected chi connectivity index (χ3v) is 25.1. The van der Waals surface area contributed by atoms with Crippen LogP contribution in [0.5, 0.6) is 0 Å². The van der Waals surface area contributed by atoms with Crippen LogP contribution in [0.15, 0.2) is 362 Å². The van der Waals surface area contributed by atoms with Crippen LogP contribution in [-0.4, -0.2) is 25.1 Å². The van der Waals surface area contributed by atoms with Crippen molar-refractivity contribution in [1.29, 1.82) is 0 Å². The van der Waals surface area contributed by atoms with Gasteiger partial charge in [0.1, 0.15) is 5.58 Å². The van der Waals surface area contributed by atoms with Gasteiger partial charge in [-0.05, 0) is 112 Å². The molecule has 19 aromatic rings. The number of hydrogen-bond donors (Lipinski definition) is 0. The Morgan fingerprint density at radius 1 is 0.245 bits per heavy atom. The summed E-state index contributed by atoms with van der Waals surface area (Å²) < 4.78 is 14.4. The molecule has 9 heterocycles. The maximum absolute atomic E-state index is 6.59. The van der Waals surface area contributed by atoms with Crippen molar-refractivity contribution in [2.75, 3.05) is 14.4 Å². The van der Waals surface area contributed by atoms with Crippen LogP contribution in [-0.2, 0) is 0 Å². The number of furan rings is 1. The molecule has 102 heavy (non-hydrogen) atoms. The number of para-hydroxylation sites is 6. The van der Waals surface area contributed by atoms with E-state index in [1.165, 1.54) is 149 Å². The molecule has 5 nitrogen and oxygen atoms in total. The molecule has 3 aliphatic rings. The van der Waals surface area contributed by atoms with E-state index < -0.39 is 0 Å². The molecule has 0 saturated heterocycles. The van der Waals surface area contributed by atoms with Gasteiger partial charge < -0.3 is 23.4 Å². The van der Waals surface area contributed by atoms with Gasteiger partial charge in [0.05, 0.1) is 21.1 Å². The van der Waals surface area contributed by atoms with E-state index in [1.807, 2.05) is 51.4 Å². The van der Waals surface area contributed by atoms with Gasteiger partial charge in [-0.2, -0.15) is 0 Å². The Bertz CT molecular complexity index is 6070. The molecule has 0 unspecified atom stereocenters. The van der Waals surface area contributed by atoms with E-state index in [0.29, 0.717) is 0 Å². The summed E-state index contributed by atoms with van der Waals surface area (Å²) in [7, 11) is 0. The smallest absolute Gasteiger partial charge is 0.347 e. The van der Waals surface area contributed by atoms with Crippen molar-refractivity contribution in [3.8, 4) is 37.7 Å². The fraction of sp³-hybridized carbons (Fsp3) is 0. The van der Waals surface area contributed by atoms with E-state index in [-0.39, 0.29) is 20.5 Å². The molecule has 0 saturated carbocycles. The molecular weight excluding hydrogens is 1310 g/mol. The molecular formula is C90H59B3N4OS4. The number of rotatable bonds is 7. The highest BCUT2D eigenvalue weighted by Gasteiger charge is 2.46. The van der Waals surface area contributed by atoms with Gasteiger partial charge in [-0.1, -0.05) is 284 Å². The normalized spacial score (nSPS) is 12.8. The minimum Gasteiger partial charge on any atom is -0.441 e. The van der Waals surface area contributed by atoms with Crippen molar-refractivity contribution in [2.24, 2.45) is 0 Å². The lowest BCUT2D eigenvalue weighted by molar-refractivity contribution is 0.625. The van der Waals surface area contributed by atoms with Gasteiger partial charge in [-0.3, -0.25) is 0 Å². The standard InChI is InChI=1S/C34H23BN2S.C28H18BNOS.C28H18BNS2/c1-4-14-24(15-5-1)35-33-31(27-20-10-12-22-29(27)36(33)25-16-6-2-7-17-25)32-28-21-11-13-23-30(28)38-34(32)37(35)26-18-8-3-9-19-26;1-3-11-19(12-4-1)29-26-22-16-8-10-18-24(22)32-27(26)25-21-15-7-9-17-23(21)31-28(25)30(29)20-13-5-2-6-14-20;1-3-11-19(12-4-1)29-26-22-16-8-10-18-24(22)31-27(26)25-21-15-7-9-17-23(21)32-28(25)30(29)20-13-5-2-6-14-20/h1-23H;2*1-18H. The first-order valence-corrected chi connectivity index (χ1v) is 37.9. The molecule has 0 radical (unpaired) electrons. The third-order valence-electron chi connectivity index (χ3n) is 20.3. The summed E-state index contributed by atoms with van der Waals surface area (Å²) in [6.45, 7) is 0.157. The van der Waals surface area contributed by atoms with Crippen molar-refractivity contribution in [2.45, 2.75) is 0 Å². The number of fused-ring (bicyclic) bond motifs is 21. The number of nitrogens with zero attached hydrogens (tertiary/aromatic N) is 4. The molecule has 13 aromatic carbocycles. The maximum atomic E-state index is 6.59. The van der Waals surface area contributed by atoms with E-state index in [2.05, 4.69) is 371 Å². The van der Waals surface area contributed by atoms with Crippen LogP contribution in [0, 0.1) is 0 Å². The molecule has 3 aliphatic heterocycles. The summed E-state index contributed by atoms with van der Waals surface area (Å²) >= 11 is 7.61. The quantitative estimate of drug-likeness (QED) is 0.149. The minimum atomic E-state index is 0.00164. The number of aromatic nitrogens is 1. The first kappa shape index (κ1) is 60.3. The van der Waals surface area contributed by atoms with Gasteiger partial charge in [-0.25, -0.2) is 0 Å². The van der Waals surface area contributed by atoms with Crippen molar-refractivity contribution in [3.05, 3.63) is 358 Å². The largest absolute Gasteiger partial charge is 0.441 e. The minimum absolute atomic E-state index is 0.00164. The van der Waals surface area contributed by atoms with Crippen molar-refractivity contribution < 1.29 is 4.42 Å². The summed E-state index contributed by atoms with van der Waals surface area (Å²) in [5.41, 5.74) is 20.1. The van der Waals surface area contributed by atoms with E-state index in [9.17, 15) is 0 Å². The summed E-state index contributed by atoms with van der Waals surface area (Å²) in [6.07, 6.45) is 0. The van der Waals surface area contributed by atoms with Gasteiger partial charge >= 0.3 is 20.5 Å². The van der Waals surface area contributed by atoms with Crippen LogP contribution in [0.25, 0.3) is 99.9 Å². The second kappa shape index (κ2) is 25.2. The van der Waals surface area contributed by atoms with Gasteiger partial charge in [0.2, 0.25) is 0 Å². The monoisotopic (exact) mass is 1370 g/mol. The van der Waals surface area contributed by atoms with E-state index in [0.717, 1.165) is 17.2 Å². The van der Waals surface area contributed by atoms with E-state index >= 15 is 0 Å². The van der Waals surface area contributed by atoms with Crippen molar-refractivity contribution in [1.82, 2.24) is 4.57 Å². The molecule has 0 aliphatic carbocycles. The number of hydrogen-bond acceptors (Lipinski definition) is 8. The summed E-state index contributed by atoms with van der Waals surface area (Å²) in [5, 5.41) is 10.5. The predicted octanol–water partition coefficient (Wildman–Crippen LogP) is 21.4. The lowest BCUT2D eigenvalue weighted by Gasteiger charge is -2.36. The lowest BCUT2D eigenvalue weighted by Crippen LogP contribution is -2.59. The highest BCUT2D eigenvalue weighted by Crippen LogP contribution is 2.55. The first-order chi connectivity index (χ1) is 50.7. The molecule has 0 atom stereocenters. The summed E-state index contributed by atoms with van der Waals surface area (Å²) in [5.74, 6) is 0.922. The molecule has 0 spiro atoms. The maximum Gasteiger partial charge on any atom is 0.347 e. The van der Waals surface area contributed by atoms with Crippen molar-refractivity contribution in [3.63, 3.8) is 0 Å². The second-order valence-electron chi connectivity index (χ2n) is 26.0. The first-order valence-electron chi connectivity index (χ1n) is 34.6. The average Bonchev–Trinajstić information content (AvgIpc) is 1.55. The Kier molecular flexibility index (Phi) is 14.9. The summed E-state index contributed by atoms with van der Waals surface area (Å²) in [6, 6.07) is 129. The highest BCUT2D eigenvalue weighted by atomic mass is 32.1. The Morgan fingerprint density at radius 3 is 1.10 bits per heavy atom. The van der Waals surface area contributed by atoms with Crippen LogP contribution in [0.2, 0.25) is 0 Å². The Balaban J connectivity index is 0.000000103. The highest BCUT2D eigenvalue weighted by molar-refractivity contribution is 7.29. The SMILES string of the molecule is c1ccc(B2c3c(c4ccccc4n3-c3ccccc3)-c3c(sc4ccccc34)N2c2ccccc2)cc1.c1ccc(B2c3c(sc4ccccc34)-c3c(oc4ccccc34)N2c2ccccc2)cc1.c1ccc(B2c3c(sc4ccccc34)-c3c(sc4ccccc34)N2c2ccccc2)cc1. The molecule has 478 valence electrons. The van der Waals surface area contributed by atoms with Gasteiger partial charge in [0, 0.05) is 95.1 Å². The second-order valence-corrected chi connectivity index (χ2v) is 30.2. The molecule has 12 heteroatoms. The number of thiophene rings is 4. The Hall–Kier alpha value is -11.6. The van der Waals surface area contributed by atoms with E-state index in [4.69, 9.17) is 4.42 Å². The topological polar surface area (TPSA) is 27.8 Å². The van der Waals surface area contributed by atoms with Gasteiger partial charge in [-0.15, -0.1) is 45.3 Å². The number of anilines is 6. The van der Waals surface area contributed by atoms with Crippen LogP contribution >= 0.6 is 45.3 Å². The fourth-order valence-electron chi connectivity index (χ4n) is 16.1. The van der Waals surface area contributed by atoms with Crippen LogP contribution < -0.4 is 47.3 Å². The van der Waals surface area contributed by atoms with Crippen molar-refractivity contribution >= 4 is 194 Å². The Labute approximate surface area is 608 Å². The molecule has 0 amide bonds. The molecule has 22 rings (SSSR count). The van der Waals surface area contributed by atoms with Crippen LogP contribution in [0.3, 0.4) is 0 Å². The zero-order chi connectivity index (χ0) is 67.2. The average molecular weight is 1370 g/mol. The molecule has 0 N–H and O–H groups in total. The number of benzene rings is 13. The third kappa shape index (κ3) is 9.80. The predicted molar refractivity (Wildman–Crippen MR) is 444 cm³/mol. The summed E-state index contributed by atoms with van der Waals surface area (Å²) in [4.78, 5) is 10.2. The lowest BCUT2D eigenvalue weighted by atomic mass is 9.46. The van der Waals surface area contributed by atoms with Crippen LogP contribution in [0.4, 0.5) is 32.9 Å². The van der Waals surface area contributed by atoms with Gasteiger partial charge in [0.15, 0.2) is 5.88 Å². The molecule has 0 fully saturated rings. The van der Waals surface area contributed by atoms with E-state index in [1.54, 1.807) is 0 Å².